The van der Waals surface area contributed by atoms with E-state index in [0.717, 1.165) is 32.4 Å². The standard InChI is InChI=1S/C15H25N3O/c1-17-11-3-5-13-7-9-14(10-8-13)6-4-12-18-15(16)19-2/h7-10,17H,3-6,11-12H2,1-2H3,(H2,16,18). The Labute approximate surface area is 116 Å². The molecular weight excluding hydrogens is 238 g/mol. The highest BCUT2D eigenvalue weighted by molar-refractivity contribution is 5.69. The quantitative estimate of drug-likeness (QED) is 0.382. The van der Waals surface area contributed by atoms with E-state index in [1.54, 1.807) is 0 Å². The summed E-state index contributed by atoms with van der Waals surface area (Å²) in [6.07, 6.45) is 4.35. The van der Waals surface area contributed by atoms with Gasteiger partial charge in [0.1, 0.15) is 0 Å². The third kappa shape index (κ3) is 6.82. The molecule has 0 saturated carbocycles. The first-order chi connectivity index (χ1) is 9.26. The van der Waals surface area contributed by atoms with Crippen LogP contribution in [-0.4, -0.2) is 33.3 Å². The fourth-order valence-electron chi connectivity index (χ4n) is 1.91. The van der Waals surface area contributed by atoms with Crippen LogP contribution in [0, 0.1) is 5.41 Å². The van der Waals surface area contributed by atoms with Gasteiger partial charge >= 0.3 is 0 Å². The van der Waals surface area contributed by atoms with Crippen LogP contribution in [-0.2, 0) is 17.6 Å². The van der Waals surface area contributed by atoms with Gasteiger partial charge in [-0.1, -0.05) is 24.3 Å². The van der Waals surface area contributed by atoms with E-state index in [2.05, 4.69) is 34.9 Å². The minimum absolute atomic E-state index is 0.139. The molecule has 1 aromatic carbocycles. The zero-order chi connectivity index (χ0) is 13.9. The number of methoxy groups -OCH3 is 1. The average Bonchev–Trinajstić information content (AvgIpc) is 2.45. The molecule has 0 amide bonds. The summed E-state index contributed by atoms with van der Waals surface area (Å²) >= 11 is 0. The molecule has 3 N–H and O–H groups in total. The van der Waals surface area contributed by atoms with Crippen LogP contribution in [0.1, 0.15) is 24.0 Å². The number of benzene rings is 1. The predicted molar refractivity (Wildman–Crippen MR) is 79.7 cm³/mol. The van der Waals surface area contributed by atoms with Crippen molar-refractivity contribution in [1.82, 2.24) is 10.6 Å². The molecule has 19 heavy (non-hydrogen) atoms. The summed E-state index contributed by atoms with van der Waals surface area (Å²) in [6, 6.07) is 8.98. The lowest BCUT2D eigenvalue weighted by atomic mass is 10.0. The van der Waals surface area contributed by atoms with Gasteiger partial charge in [-0.15, -0.1) is 0 Å². The summed E-state index contributed by atoms with van der Waals surface area (Å²) < 4.78 is 4.73. The van der Waals surface area contributed by atoms with Crippen molar-refractivity contribution in [1.29, 1.82) is 5.41 Å². The maximum absolute atomic E-state index is 7.29. The van der Waals surface area contributed by atoms with Gasteiger partial charge in [-0.25, -0.2) is 0 Å². The van der Waals surface area contributed by atoms with Crippen LogP contribution < -0.4 is 10.6 Å². The van der Waals surface area contributed by atoms with Gasteiger partial charge in [-0.3, -0.25) is 5.41 Å². The van der Waals surface area contributed by atoms with Crippen molar-refractivity contribution < 1.29 is 4.74 Å². The molecule has 4 nitrogen and oxygen atoms in total. The van der Waals surface area contributed by atoms with Gasteiger partial charge in [0.15, 0.2) is 0 Å². The molecule has 0 unspecified atom stereocenters. The minimum Gasteiger partial charge on any atom is -0.469 e. The van der Waals surface area contributed by atoms with Crippen molar-refractivity contribution >= 4 is 6.02 Å². The number of rotatable bonds is 8. The molecule has 0 aromatic heterocycles. The molecule has 0 aliphatic rings. The van der Waals surface area contributed by atoms with E-state index >= 15 is 0 Å². The molecule has 0 heterocycles. The van der Waals surface area contributed by atoms with Crippen molar-refractivity contribution in [2.75, 3.05) is 27.2 Å². The summed E-state index contributed by atoms with van der Waals surface area (Å²) in [5, 5.41) is 13.4. The van der Waals surface area contributed by atoms with Crippen LogP contribution in [0.15, 0.2) is 24.3 Å². The largest absolute Gasteiger partial charge is 0.469 e. The van der Waals surface area contributed by atoms with Gasteiger partial charge < -0.3 is 15.4 Å². The summed E-state index contributed by atoms with van der Waals surface area (Å²) in [5.74, 6) is 0. The first kappa shape index (κ1) is 15.5. The second-order valence-electron chi connectivity index (χ2n) is 4.59. The van der Waals surface area contributed by atoms with E-state index in [9.17, 15) is 0 Å². The van der Waals surface area contributed by atoms with Crippen molar-refractivity contribution in [2.24, 2.45) is 0 Å². The van der Waals surface area contributed by atoms with Gasteiger partial charge in [0.05, 0.1) is 7.11 Å². The molecular formula is C15H25N3O. The normalized spacial score (nSPS) is 10.2. The summed E-state index contributed by atoms with van der Waals surface area (Å²) in [4.78, 5) is 0. The van der Waals surface area contributed by atoms with Crippen LogP contribution >= 0.6 is 0 Å². The van der Waals surface area contributed by atoms with E-state index in [-0.39, 0.29) is 6.02 Å². The second kappa shape index (κ2) is 9.39. The molecule has 0 bridgehead atoms. The SMILES string of the molecule is CNCCCc1ccc(CCCNC(=N)OC)cc1. The van der Waals surface area contributed by atoms with Gasteiger partial charge in [-0.05, 0) is 50.4 Å². The van der Waals surface area contributed by atoms with Gasteiger partial charge in [0, 0.05) is 6.54 Å². The fraction of sp³-hybridized carbons (Fsp3) is 0.533. The third-order valence-corrected chi connectivity index (χ3v) is 3.05. The van der Waals surface area contributed by atoms with Crippen molar-refractivity contribution in [3.8, 4) is 0 Å². The molecule has 0 fully saturated rings. The maximum atomic E-state index is 7.29. The van der Waals surface area contributed by atoms with Crippen LogP contribution in [0.25, 0.3) is 0 Å². The number of ether oxygens (including phenoxy) is 1. The molecule has 1 rings (SSSR count). The molecule has 0 aliphatic carbocycles. The lowest BCUT2D eigenvalue weighted by molar-refractivity contribution is 0.375. The Hall–Kier alpha value is -1.55. The van der Waals surface area contributed by atoms with Gasteiger partial charge in [0.25, 0.3) is 6.02 Å². The lowest BCUT2D eigenvalue weighted by Gasteiger charge is -2.07. The first-order valence-corrected chi connectivity index (χ1v) is 6.85. The number of hydrogen-bond donors (Lipinski definition) is 3. The van der Waals surface area contributed by atoms with Crippen LogP contribution in [0.3, 0.4) is 0 Å². The van der Waals surface area contributed by atoms with E-state index in [0.29, 0.717) is 0 Å². The summed E-state index contributed by atoms with van der Waals surface area (Å²) in [6.45, 7) is 1.84. The van der Waals surface area contributed by atoms with Gasteiger partial charge in [-0.2, -0.15) is 0 Å². The van der Waals surface area contributed by atoms with E-state index in [1.807, 2.05) is 7.05 Å². The Kier molecular flexibility index (Phi) is 7.66. The summed E-state index contributed by atoms with van der Waals surface area (Å²) in [5.41, 5.74) is 2.75. The smallest absolute Gasteiger partial charge is 0.281 e. The topological polar surface area (TPSA) is 57.1 Å². The van der Waals surface area contributed by atoms with Gasteiger partial charge in [0.2, 0.25) is 0 Å². The lowest BCUT2D eigenvalue weighted by Crippen LogP contribution is -2.25. The molecule has 0 spiro atoms. The Morgan fingerprint density at radius 3 is 2.05 bits per heavy atom. The zero-order valence-corrected chi connectivity index (χ0v) is 12.0. The Morgan fingerprint density at radius 2 is 1.58 bits per heavy atom. The third-order valence-electron chi connectivity index (χ3n) is 3.05. The summed E-state index contributed by atoms with van der Waals surface area (Å²) in [7, 11) is 3.49. The highest BCUT2D eigenvalue weighted by Gasteiger charge is 1.97. The van der Waals surface area contributed by atoms with Crippen LogP contribution in [0.2, 0.25) is 0 Å². The van der Waals surface area contributed by atoms with E-state index in [4.69, 9.17) is 10.1 Å². The average molecular weight is 263 g/mol. The number of nitrogens with one attached hydrogen (secondary N) is 3. The van der Waals surface area contributed by atoms with Crippen LogP contribution in [0.5, 0.6) is 0 Å². The number of hydrogen-bond acceptors (Lipinski definition) is 3. The molecule has 1 aromatic rings. The molecule has 0 atom stereocenters. The Morgan fingerprint density at radius 1 is 1.05 bits per heavy atom. The van der Waals surface area contributed by atoms with E-state index < -0.39 is 0 Å². The second-order valence-corrected chi connectivity index (χ2v) is 4.59. The number of aryl methyl sites for hydroxylation is 2. The monoisotopic (exact) mass is 263 g/mol. The predicted octanol–water partition coefficient (Wildman–Crippen LogP) is 1.94. The molecule has 0 aliphatic heterocycles. The highest BCUT2D eigenvalue weighted by atomic mass is 16.5. The molecule has 4 heteroatoms. The highest BCUT2D eigenvalue weighted by Crippen LogP contribution is 2.08. The Bertz CT molecular complexity index is 362. The fourth-order valence-corrected chi connectivity index (χ4v) is 1.91. The zero-order valence-electron chi connectivity index (χ0n) is 12.0. The molecule has 0 radical (unpaired) electrons. The first-order valence-electron chi connectivity index (χ1n) is 6.85. The van der Waals surface area contributed by atoms with Crippen molar-refractivity contribution in [2.45, 2.75) is 25.7 Å². The van der Waals surface area contributed by atoms with Crippen molar-refractivity contribution in [3.63, 3.8) is 0 Å². The Balaban J connectivity index is 2.22. The maximum Gasteiger partial charge on any atom is 0.281 e. The molecule has 106 valence electrons. The minimum atomic E-state index is 0.139. The number of amidine groups is 1. The van der Waals surface area contributed by atoms with Crippen LogP contribution in [0.4, 0.5) is 0 Å². The van der Waals surface area contributed by atoms with E-state index in [1.165, 1.54) is 24.7 Å². The molecule has 0 saturated heterocycles. The van der Waals surface area contributed by atoms with Crippen molar-refractivity contribution in [3.05, 3.63) is 35.4 Å².